The molecule has 0 bridgehead atoms. The number of unbranched alkanes of at least 4 members (excludes halogenated alkanes) is 5. The molecule has 0 heterocycles. The number of carboxylic acid groups (broad SMARTS) is 1. The molecule has 0 amide bonds. The molecular weight excluding hydrogens is 320 g/mol. The van der Waals surface area contributed by atoms with E-state index in [4.69, 9.17) is 5.11 Å². The summed E-state index contributed by atoms with van der Waals surface area (Å²) in [6.45, 7) is 2.15. The highest BCUT2D eigenvalue weighted by molar-refractivity contribution is 5.66. The summed E-state index contributed by atoms with van der Waals surface area (Å²) in [6, 6.07) is 0. The molecule has 148 valence electrons. The van der Waals surface area contributed by atoms with Crippen molar-refractivity contribution in [1.82, 2.24) is 0 Å². The van der Waals surface area contributed by atoms with Crippen LogP contribution >= 0.6 is 0 Å². The van der Waals surface area contributed by atoms with Gasteiger partial charge in [-0.2, -0.15) is 0 Å². The van der Waals surface area contributed by atoms with Crippen molar-refractivity contribution < 1.29 is 25.2 Å². The van der Waals surface area contributed by atoms with Crippen LogP contribution in [0.15, 0.2) is 0 Å². The number of aliphatic carboxylic acids is 1. The van der Waals surface area contributed by atoms with Crippen LogP contribution in [0.1, 0.15) is 90.4 Å². The highest BCUT2D eigenvalue weighted by Gasteiger charge is 2.40. The summed E-state index contributed by atoms with van der Waals surface area (Å²) in [6.07, 6.45) is 9.55. The molecule has 5 heteroatoms. The van der Waals surface area contributed by atoms with Crippen LogP contribution in [0.25, 0.3) is 0 Å². The van der Waals surface area contributed by atoms with Gasteiger partial charge in [0, 0.05) is 6.42 Å². The standard InChI is InChI=1S/C20H38O5/c1-2-3-6-10-16(21)12-13-17-15(14-18(22)20(17)25)9-7-4-5-8-11-19(23)24/h15-18,20-22,25H,2-14H2,1H3,(H,23,24). The van der Waals surface area contributed by atoms with Gasteiger partial charge >= 0.3 is 5.97 Å². The normalized spacial score (nSPS) is 27.5. The monoisotopic (exact) mass is 358 g/mol. The molecule has 0 aliphatic heterocycles. The quantitative estimate of drug-likeness (QED) is 0.356. The maximum atomic E-state index is 10.5. The highest BCUT2D eigenvalue weighted by Crippen LogP contribution is 2.39. The summed E-state index contributed by atoms with van der Waals surface area (Å²) in [5.41, 5.74) is 0. The maximum absolute atomic E-state index is 10.5. The van der Waals surface area contributed by atoms with E-state index >= 15 is 0 Å². The molecule has 1 aliphatic carbocycles. The molecule has 0 spiro atoms. The minimum Gasteiger partial charge on any atom is -0.481 e. The van der Waals surface area contributed by atoms with Gasteiger partial charge in [-0.05, 0) is 50.4 Å². The molecule has 4 N–H and O–H groups in total. The Kier molecular flexibility index (Phi) is 11.3. The Morgan fingerprint density at radius 3 is 2.40 bits per heavy atom. The molecule has 1 saturated carbocycles. The first kappa shape index (κ1) is 22.4. The van der Waals surface area contributed by atoms with Gasteiger partial charge < -0.3 is 20.4 Å². The van der Waals surface area contributed by atoms with Crippen molar-refractivity contribution in [3.05, 3.63) is 0 Å². The number of aliphatic hydroxyl groups excluding tert-OH is 3. The number of hydrogen-bond donors (Lipinski definition) is 4. The molecule has 25 heavy (non-hydrogen) atoms. The Labute approximate surface area is 152 Å². The summed E-state index contributed by atoms with van der Waals surface area (Å²) < 4.78 is 0. The number of rotatable bonds is 14. The third-order valence-electron chi connectivity index (χ3n) is 5.67. The minimum atomic E-state index is -0.736. The molecule has 0 saturated heterocycles. The Balaban J connectivity index is 2.27. The van der Waals surface area contributed by atoms with Crippen LogP contribution in [0.2, 0.25) is 0 Å². The first-order chi connectivity index (χ1) is 12.0. The summed E-state index contributed by atoms with van der Waals surface area (Å²) in [7, 11) is 0. The average Bonchev–Trinajstić information content (AvgIpc) is 2.83. The van der Waals surface area contributed by atoms with Crippen molar-refractivity contribution in [2.75, 3.05) is 0 Å². The lowest BCUT2D eigenvalue weighted by atomic mass is 9.85. The van der Waals surface area contributed by atoms with Crippen LogP contribution in [0.5, 0.6) is 0 Å². The van der Waals surface area contributed by atoms with E-state index in [0.29, 0.717) is 18.8 Å². The minimum absolute atomic E-state index is 0.0786. The zero-order valence-electron chi connectivity index (χ0n) is 15.8. The summed E-state index contributed by atoms with van der Waals surface area (Å²) in [5.74, 6) is -0.346. The van der Waals surface area contributed by atoms with Crippen LogP contribution in [0.4, 0.5) is 0 Å². The third-order valence-corrected chi connectivity index (χ3v) is 5.67. The Morgan fingerprint density at radius 1 is 1.00 bits per heavy atom. The molecule has 5 unspecified atom stereocenters. The van der Waals surface area contributed by atoms with E-state index in [0.717, 1.165) is 64.2 Å². The Morgan fingerprint density at radius 2 is 1.72 bits per heavy atom. The molecule has 0 aromatic heterocycles. The fraction of sp³-hybridized carbons (Fsp3) is 0.950. The zero-order chi connectivity index (χ0) is 18.7. The number of carbonyl (C=O) groups is 1. The van der Waals surface area contributed by atoms with E-state index in [9.17, 15) is 20.1 Å². The fourth-order valence-corrected chi connectivity index (χ4v) is 4.12. The lowest BCUT2D eigenvalue weighted by Crippen LogP contribution is -2.27. The van der Waals surface area contributed by atoms with Crippen LogP contribution in [0.3, 0.4) is 0 Å². The van der Waals surface area contributed by atoms with E-state index in [2.05, 4.69) is 6.92 Å². The Hall–Kier alpha value is -0.650. The lowest BCUT2D eigenvalue weighted by molar-refractivity contribution is -0.137. The molecule has 0 aromatic carbocycles. The maximum Gasteiger partial charge on any atom is 0.303 e. The smallest absolute Gasteiger partial charge is 0.303 e. The van der Waals surface area contributed by atoms with Crippen molar-refractivity contribution in [2.45, 2.75) is 109 Å². The van der Waals surface area contributed by atoms with E-state index in [1.165, 1.54) is 0 Å². The number of aliphatic hydroxyl groups is 3. The summed E-state index contributed by atoms with van der Waals surface area (Å²) in [5, 5.41) is 39.0. The van der Waals surface area contributed by atoms with Crippen LogP contribution in [-0.4, -0.2) is 44.7 Å². The van der Waals surface area contributed by atoms with Gasteiger partial charge in [-0.1, -0.05) is 45.4 Å². The van der Waals surface area contributed by atoms with E-state index in [-0.39, 0.29) is 18.4 Å². The first-order valence-corrected chi connectivity index (χ1v) is 10.2. The fourth-order valence-electron chi connectivity index (χ4n) is 4.12. The highest BCUT2D eigenvalue weighted by atomic mass is 16.4. The summed E-state index contributed by atoms with van der Waals surface area (Å²) in [4.78, 5) is 10.5. The van der Waals surface area contributed by atoms with Gasteiger partial charge in [0.15, 0.2) is 0 Å². The number of hydrogen-bond acceptors (Lipinski definition) is 4. The predicted molar refractivity (Wildman–Crippen MR) is 98.3 cm³/mol. The van der Waals surface area contributed by atoms with Crippen molar-refractivity contribution in [1.29, 1.82) is 0 Å². The van der Waals surface area contributed by atoms with E-state index < -0.39 is 18.2 Å². The SMILES string of the molecule is CCCCCC(O)CCC1C(CCCCCCC(=O)O)CC(O)C1O. The lowest BCUT2D eigenvalue weighted by Gasteiger charge is -2.23. The molecule has 5 atom stereocenters. The second kappa shape index (κ2) is 12.7. The van der Waals surface area contributed by atoms with Gasteiger partial charge in [-0.3, -0.25) is 4.79 Å². The van der Waals surface area contributed by atoms with Crippen LogP contribution in [0, 0.1) is 11.8 Å². The van der Waals surface area contributed by atoms with Crippen LogP contribution < -0.4 is 0 Å². The van der Waals surface area contributed by atoms with Gasteiger partial charge in [0.25, 0.3) is 0 Å². The Bertz CT molecular complexity index is 360. The molecule has 1 aliphatic rings. The summed E-state index contributed by atoms with van der Waals surface area (Å²) >= 11 is 0. The van der Waals surface area contributed by atoms with Gasteiger partial charge in [-0.15, -0.1) is 0 Å². The zero-order valence-corrected chi connectivity index (χ0v) is 15.8. The molecule has 0 radical (unpaired) electrons. The van der Waals surface area contributed by atoms with Gasteiger partial charge in [0.05, 0.1) is 18.3 Å². The topological polar surface area (TPSA) is 98.0 Å². The first-order valence-electron chi connectivity index (χ1n) is 10.2. The molecule has 0 aromatic rings. The second-order valence-corrected chi connectivity index (χ2v) is 7.79. The van der Waals surface area contributed by atoms with E-state index in [1.54, 1.807) is 0 Å². The van der Waals surface area contributed by atoms with Crippen molar-refractivity contribution in [2.24, 2.45) is 11.8 Å². The van der Waals surface area contributed by atoms with Crippen molar-refractivity contribution >= 4 is 5.97 Å². The molecule has 1 rings (SSSR count). The van der Waals surface area contributed by atoms with Gasteiger partial charge in [0.1, 0.15) is 0 Å². The van der Waals surface area contributed by atoms with Crippen molar-refractivity contribution in [3.63, 3.8) is 0 Å². The van der Waals surface area contributed by atoms with Crippen molar-refractivity contribution in [3.8, 4) is 0 Å². The van der Waals surface area contributed by atoms with Gasteiger partial charge in [-0.25, -0.2) is 0 Å². The van der Waals surface area contributed by atoms with Gasteiger partial charge in [0.2, 0.25) is 0 Å². The van der Waals surface area contributed by atoms with E-state index in [1.807, 2.05) is 0 Å². The average molecular weight is 359 g/mol. The third kappa shape index (κ3) is 9.02. The largest absolute Gasteiger partial charge is 0.481 e. The van der Waals surface area contributed by atoms with Crippen LogP contribution in [-0.2, 0) is 4.79 Å². The number of carboxylic acids is 1. The predicted octanol–water partition coefficient (Wildman–Crippen LogP) is 3.49. The molecule has 1 fully saturated rings. The molecular formula is C20H38O5. The second-order valence-electron chi connectivity index (χ2n) is 7.79. The molecule has 5 nitrogen and oxygen atoms in total.